The Morgan fingerprint density at radius 2 is 1.95 bits per heavy atom. The third-order valence-corrected chi connectivity index (χ3v) is 2.74. The summed E-state index contributed by atoms with van der Waals surface area (Å²) >= 11 is 0. The average molecular weight is 279 g/mol. The highest BCUT2D eigenvalue weighted by Crippen LogP contribution is 2.03. The molecule has 1 unspecified atom stereocenters. The largest absolute Gasteiger partial charge is 0.480 e. The lowest BCUT2D eigenvalue weighted by Crippen LogP contribution is -2.42. The van der Waals surface area contributed by atoms with Crippen molar-refractivity contribution in [2.45, 2.75) is 32.2 Å². The number of ether oxygens (including phenoxy) is 1. The highest BCUT2D eigenvalue weighted by Gasteiger charge is 2.19. The topological polar surface area (TPSA) is 75.6 Å². The number of amides is 1. The van der Waals surface area contributed by atoms with E-state index in [1.165, 1.54) is 0 Å². The van der Waals surface area contributed by atoms with Crippen LogP contribution in [-0.2, 0) is 20.7 Å². The number of carbonyl (C=O) groups is 2. The van der Waals surface area contributed by atoms with Crippen LogP contribution < -0.4 is 5.32 Å². The molecular weight excluding hydrogens is 258 g/mol. The van der Waals surface area contributed by atoms with E-state index in [1.54, 1.807) is 0 Å². The Hall–Kier alpha value is -1.88. The average Bonchev–Trinajstić information content (AvgIpc) is 2.44. The SMILES string of the molecule is CCCOCCC(=O)NC(Cc1ccccc1)C(=O)O. The van der Waals surface area contributed by atoms with E-state index in [1.807, 2.05) is 37.3 Å². The molecule has 110 valence electrons. The van der Waals surface area contributed by atoms with Gasteiger partial charge in [0.15, 0.2) is 0 Å². The summed E-state index contributed by atoms with van der Waals surface area (Å²) in [6.45, 7) is 2.91. The number of rotatable bonds is 9. The lowest BCUT2D eigenvalue weighted by Gasteiger charge is -2.14. The van der Waals surface area contributed by atoms with Crippen LogP contribution >= 0.6 is 0 Å². The summed E-state index contributed by atoms with van der Waals surface area (Å²) in [6.07, 6.45) is 1.35. The Morgan fingerprint density at radius 3 is 2.55 bits per heavy atom. The molecule has 0 aliphatic carbocycles. The van der Waals surface area contributed by atoms with Crippen molar-refractivity contribution < 1.29 is 19.4 Å². The Bertz CT molecular complexity index is 419. The van der Waals surface area contributed by atoms with E-state index in [0.29, 0.717) is 13.2 Å². The predicted octanol–water partition coefficient (Wildman–Crippen LogP) is 1.62. The molecule has 1 amide bonds. The van der Waals surface area contributed by atoms with Gasteiger partial charge in [-0.3, -0.25) is 4.79 Å². The molecular formula is C15H21NO4. The zero-order chi connectivity index (χ0) is 14.8. The second kappa shape index (κ2) is 9.09. The lowest BCUT2D eigenvalue weighted by molar-refractivity contribution is -0.141. The van der Waals surface area contributed by atoms with Crippen LogP contribution in [0.15, 0.2) is 30.3 Å². The van der Waals surface area contributed by atoms with Crippen LogP contribution in [0.1, 0.15) is 25.3 Å². The summed E-state index contributed by atoms with van der Waals surface area (Å²) in [5.41, 5.74) is 0.877. The van der Waals surface area contributed by atoms with Crippen LogP contribution in [0.4, 0.5) is 0 Å². The molecule has 1 aromatic rings. The second-order valence-corrected chi connectivity index (χ2v) is 4.51. The summed E-state index contributed by atoms with van der Waals surface area (Å²) in [6, 6.07) is 8.32. The van der Waals surface area contributed by atoms with Gasteiger partial charge in [0, 0.05) is 19.4 Å². The van der Waals surface area contributed by atoms with Crippen molar-refractivity contribution in [3.8, 4) is 0 Å². The minimum atomic E-state index is -1.03. The summed E-state index contributed by atoms with van der Waals surface area (Å²) in [7, 11) is 0. The lowest BCUT2D eigenvalue weighted by atomic mass is 10.1. The number of benzene rings is 1. The van der Waals surface area contributed by atoms with Gasteiger partial charge in [0.25, 0.3) is 0 Å². The van der Waals surface area contributed by atoms with E-state index in [2.05, 4.69) is 5.32 Å². The highest BCUT2D eigenvalue weighted by atomic mass is 16.5. The van der Waals surface area contributed by atoms with E-state index in [4.69, 9.17) is 9.84 Å². The number of carboxylic acid groups (broad SMARTS) is 1. The van der Waals surface area contributed by atoms with Crippen molar-refractivity contribution in [2.75, 3.05) is 13.2 Å². The van der Waals surface area contributed by atoms with Crippen LogP contribution in [0, 0.1) is 0 Å². The molecule has 20 heavy (non-hydrogen) atoms. The summed E-state index contributed by atoms with van der Waals surface area (Å²) in [4.78, 5) is 22.8. The van der Waals surface area contributed by atoms with E-state index in [0.717, 1.165) is 12.0 Å². The Kier molecular flexibility index (Phi) is 7.35. The molecule has 0 aliphatic rings. The van der Waals surface area contributed by atoms with Gasteiger partial charge in [0.2, 0.25) is 5.91 Å². The number of carboxylic acids is 1. The molecule has 1 rings (SSSR count). The van der Waals surface area contributed by atoms with Crippen LogP contribution in [0.5, 0.6) is 0 Å². The van der Waals surface area contributed by atoms with Gasteiger partial charge in [0.05, 0.1) is 6.61 Å². The standard InChI is InChI=1S/C15H21NO4/c1-2-9-20-10-8-14(17)16-13(15(18)19)11-12-6-4-3-5-7-12/h3-7,13H,2,8-11H2,1H3,(H,16,17)(H,18,19). The fraction of sp³-hybridized carbons (Fsp3) is 0.467. The molecule has 1 atom stereocenters. The first-order chi connectivity index (χ1) is 9.63. The van der Waals surface area contributed by atoms with Gasteiger partial charge in [-0.05, 0) is 12.0 Å². The van der Waals surface area contributed by atoms with Crippen molar-refractivity contribution in [1.29, 1.82) is 0 Å². The van der Waals surface area contributed by atoms with E-state index >= 15 is 0 Å². The Morgan fingerprint density at radius 1 is 1.25 bits per heavy atom. The van der Waals surface area contributed by atoms with Crippen molar-refractivity contribution in [3.63, 3.8) is 0 Å². The zero-order valence-electron chi connectivity index (χ0n) is 11.7. The number of hydrogen-bond donors (Lipinski definition) is 2. The zero-order valence-corrected chi connectivity index (χ0v) is 11.7. The Labute approximate surface area is 118 Å². The summed E-state index contributed by atoms with van der Waals surface area (Å²) in [5, 5.41) is 11.7. The number of carbonyl (C=O) groups excluding carboxylic acids is 1. The minimum Gasteiger partial charge on any atom is -0.480 e. The summed E-state index contributed by atoms with van der Waals surface area (Å²) < 4.78 is 5.21. The maximum Gasteiger partial charge on any atom is 0.326 e. The van der Waals surface area contributed by atoms with Gasteiger partial charge >= 0.3 is 5.97 Å². The molecule has 1 aromatic carbocycles. The maximum absolute atomic E-state index is 11.7. The first-order valence-corrected chi connectivity index (χ1v) is 6.77. The molecule has 2 N–H and O–H groups in total. The molecule has 0 spiro atoms. The van der Waals surface area contributed by atoms with E-state index in [9.17, 15) is 9.59 Å². The molecule has 0 saturated carbocycles. The molecule has 0 bridgehead atoms. The fourth-order valence-corrected chi connectivity index (χ4v) is 1.73. The molecule has 0 heterocycles. The first-order valence-electron chi connectivity index (χ1n) is 6.77. The van der Waals surface area contributed by atoms with Crippen LogP contribution in [0.3, 0.4) is 0 Å². The number of hydrogen-bond acceptors (Lipinski definition) is 3. The van der Waals surface area contributed by atoms with E-state index in [-0.39, 0.29) is 18.7 Å². The van der Waals surface area contributed by atoms with Crippen molar-refractivity contribution >= 4 is 11.9 Å². The summed E-state index contributed by atoms with van der Waals surface area (Å²) in [5.74, 6) is -1.33. The van der Waals surface area contributed by atoms with Gasteiger partial charge < -0.3 is 15.2 Å². The molecule has 0 fully saturated rings. The van der Waals surface area contributed by atoms with Crippen molar-refractivity contribution in [3.05, 3.63) is 35.9 Å². The number of nitrogens with one attached hydrogen (secondary N) is 1. The quantitative estimate of drug-likeness (QED) is 0.673. The van der Waals surface area contributed by atoms with Gasteiger partial charge in [-0.1, -0.05) is 37.3 Å². The molecule has 0 aliphatic heterocycles. The second-order valence-electron chi connectivity index (χ2n) is 4.51. The van der Waals surface area contributed by atoms with Gasteiger partial charge in [-0.25, -0.2) is 4.79 Å². The molecule has 5 nitrogen and oxygen atoms in total. The minimum absolute atomic E-state index is 0.179. The normalized spacial score (nSPS) is 11.8. The van der Waals surface area contributed by atoms with Crippen LogP contribution in [0.25, 0.3) is 0 Å². The van der Waals surface area contributed by atoms with Crippen molar-refractivity contribution in [1.82, 2.24) is 5.32 Å². The fourth-order valence-electron chi connectivity index (χ4n) is 1.73. The first kappa shape index (κ1) is 16.2. The molecule has 0 radical (unpaired) electrons. The number of aliphatic carboxylic acids is 1. The van der Waals surface area contributed by atoms with Gasteiger partial charge in [-0.15, -0.1) is 0 Å². The van der Waals surface area contributed by atoms with Crippen LogP contribution in [-0.4, -0.2) is 36.2 Å². The molecule has 0 saturated heterocycles. The Balaban J connectivity index is 2.43. The monoisotopic (exact) mass is 279 g/mol. The third kappa shape index (κ3) is 6.33. The predicted molar refractivity (Wildman–Crippen MR) is 75.4 cm³/mol. The van der Waals surface area contributed by atoms with Gasteiger partial charge in [-0.2, -0.15) is 0 Å². The highest BCUT2D eigenvalue weighted by molar-refractivity contribution is 5.83. The molecule has 0 aromatic heterocycles. The third-order valence-electron chi connectivity index (χ3n) is 2.74. The van der Waals surface area contributed by atoms with E-state index < -0.39 is 12.0 Å². The van der Waals surface area contributed by atoms with Crippen LogP contribution in [0.2, 0.25) is 0 Å². The smallest absolute Gasteiger partial charge is 0.326 e. The molecule has 5 heteroatoms. The van der Waals surface area contributed by atoms with Gasteiger partial charge in [0.1, 0.15) is 6.04 Å². The maximum atomic E-state index is 11.7. The van der Waals surface area contributed by atoms with Crippen molar-refractivity contribution in [2.24, 2.45) is 0 Å².